The number of esters is 1. The molecule has 176 valence electrons. The number of halogens is 3. The molecular formula is C22H22BrClFN3O4S. The lowest BCUT2D eigenvalue weighted by Gasteiger charge is -2.10. The lowest BCUT2D eigenvalue weighted by molar-refractivity contribution is -0.140. The number of H-pyrrole nitrogens is 1. The molecule has 0 fully saturated rings. The molecule has 1 heterocycles. The Morgan fingerprint density at radius 2 is 1.94 bits per heavy atom. The summed E-state index contributed by atoms with van der Waals surface area (Å²) in [5.41, 5.74) is 1.70. The van der Waals surface area contributed by atoms with Crippen molar-refractivity contribution in [2.75, 3.05) is 13.7 Å². The third kappa shape index (κ3) is 6.63. The van der Waals surface area contributed by atoms with Crippen LogP contribution in [0.15, 0.2) is 52.0 Å². The summed E-state index contributed by atoms with van der Waals surface area (Å²) in [6.07, 6.45) is 3.71. The van der Waals surface area contributed by atoms with Crippen molar-refractivity contribution in [2.45, 2.75) is 30.6 Å². The Balaban J connectivity index is 1.71. The number of methoxy groups -OCH3 is 1. The Morgan fingerprint density at radius 1 is 1.18 bits per heavy atom. The highest BCUT2D eigenvalue weighted by Crippen LogP contribution is 2.29. The maximum absolute atomic E-state index is 13.9. The van der Waals surface area contributed by atoms with Crippen LogP contribution in [0.2, 0.25) is 5.02 Å². The Hall–Kier alpha value is -2.27. The van der Waals surface area contributed by atoms with Crippen LogP contribution < -0.4 is 4.72 Å². The molecule has 1 aromatic heterocycles. The third-order valence-corrected chi connectivity index (χ3v) is 7.46. The van der Waals surface area contributed by atoms with Crippen molar-refractivity contribution in [3.63, 3.8) is 0 Å². The molecule has 2 aromatic carbocycles. The highest BCUT2D eigenvalue weighted by Gasteiger charge is 2.19. The number of imidazole rings is 1. The lowest BCUT2D eigenvalue weighted by atomic mass is 10.2. The summed E-state index contributed by atoms with van der Waals surface area (Å²) in [6.45, 7) is 0.212. The van der Waals surface area contributed by atoms with Gasteiger partial charge in [-0.05, 0) is 59.1 Å². The number of ether oxygens (including phenoxy) is 1. The van der Waals surface area contributed by atoms with Crippen LogP contribution in [0.1, 0.15) is 25.7 Å². The molecule has 0 aliphatic carbocycles. The van der Waals surface area contributed by atoms with Gasteiger partial charge in [0.05, 0.1) is 28.5 Å². The zero-order chi connectivity index (χ0) is 24.0. The van der Waals surface area contributed by atoms with Crippen LogP contribution in [0.5, 0.6) is 0 Å². The van der Waals surface area contributed by atoms with Gasteiger partial charge >= 0.3 is 5.97 Å². The van der Waals surface area contributed by atoms with Crippen molar-refractivity contribution in [2.24, 2.45) is 0 Å². The molecule has 0 radical (unpaired) electrons. The highest BCUT2D eigenvalue weighted by molar-refractivity contribution is 9.10. The van der Waals surface area contributed by atoms with Crippen LogP contribution in [0.25, 0.3) is 22.6 Å². The minimum absolute atomic E-state index is 0.0659. The standard InChI is InChI=1S/C22H22BrClFN3O4S/c1-32-21(29)5-3-2-4-10-27-33(30,31)20-12-15(7-9-17(20)24)22-26-13-19(28-22)14-6-8-16(23)18(25)11-14/h6-9,11-13,27H,2-5,10H2,1H3,(H,26,28). The van der Waals surface area contributed by atoms with Crippen LogP contribution in [-0.4, -0.2) is 38.0 Å². The number of nitrogens with zero attached hydrogens (tertiary/aromatic N) is 1. The number of carbonyl (C=O) groups excluding carboxylic acids is 1. The van der Waals surface area contributed by atoms with Gasteiger partial charge in [-0.3, -0.25) is 4.79 Å². The Kier molecular flexibility index (Phi) is 8.63. The van der Waals surface area contributed by atoms with Crippen LogP contribution >= 0.6 is 27.5 Å². The van der Waals surface area contributed by atoms with Gasteiger partial charge in [-0.2, -0.15) is 0 Å². The molecule has 0 bridgehead atoms. The normalized spacial score (nSPS) is 11.5. The molecule has 7 nitrogen and oxygen atoms in total. The second kappa shape index (κ2) is 11.2. The van der Waals surface area contributed by atoms with E-state index in [-0.39, 0.29) is 22.4 Å². The van der Waals surface area contributed by atoms with Gasteiger partial charge in [-0.15, -0.1) is 0 Å². The molecule has 2 N–H and O–H groups in total. The Morgan fingerprint density at radius 3 is 2.67 bits per heavy atom. The van der Waals surface area contributed by atoms with Crippen molar-refractivity contribution in [1.29, 1.82) is 0 Å². The summed E-state index contributed by atoms with van der Waals surface area (Å²) in [5.74, 6) is -0.269. The van der Waals surface area contributed by atoms with E-state index in [1.54, 1.807) is 24.4 Å². The molecule has 11 heteroatoms. The third-order valence-electron chi connectivity index (χ3n) is 4.88. The summed E-state index contributed by atoms with van der Waals surface area (Å²) >= 11 is 9.29. The first-order valence-electron chi connectivity index (χ1n) is 10.1. The average Bonchev–Trinajstić information content (AvgIpc) is 3.28. The van der Waals surface area contributed by atoms with Gasteiger partial charge in [-0.1, -0.05) is 24.1 Å². The van der Waals surface area contributed by atoms with Gasteiger partial charge in [0, 0.05) is 24.1 Å². The zero-order valence-corrected chi connectivity index (χ0v) is 20.9. The summed E-state index contributed by atoms with van der Waals surface area (Å²) < 4.78 is 46.9. The molecular weight excluding hydrogens is 537 g/mol. The van der Waals surface area contributed by atoms with Crippen molar-refractivity contribution in [3.05, 3.63) is 57.9 Å². The monoisotopic (exact) mass is 557 g/mol. The molecule has 0 saturated carbocycles. The van der Waals surface area contributed by atoms with Crippen molar-refractivity contribution in [3.8, 4) is 22.6 Å². The maximum atomic E-state index is 13.9. The van der Waals surface area contributed by atoms with E-state index in [2.05, 4.69) is 35.4 Å². The maximum Gasteiger partial charge on any atom is 0.305 e. The fraction of sp³-hybridized carbons (Fsp3) is 0.273. The smallest absolute Gasteiger partial charge is 0.305 e. The first kappa shape index (κ1) is 25.4. The largest absolute Gasteiger partial charge is 0.469 e. The average molecular weight is 559 g/mol. The van der Waals surface area contributed by atoms with E-state index < -0.39 is 15.8 Å². The zero-order valence-electron chi connectivity index (χ0n) is 17.7. The van der Waals surface area contributed by atoms with Gasteiger partial charge in [0.15, 0.2) is 0 Å². The predicted octanol–water partition coefficient (Wildman–Crippen LogP) is 5.31. The van der Waals surface area contributed by atoms with E-state index in [4.69, 9.17) is 11.6 Å². The molecule has 0 aliphatic rings. The van der Waals surface area contributed by atoms with Gasteiger partial charge in [0.25, 0.3) is 0 Å². The summed E-state index contributed by atoms with van der Waals surface area (Å²) in [7, 11) is -2.52. The number of hydrogen-bond acceptors (Lipinski definition) is 5. The topological polar surface area (TPSA) is 101 Å². The fourth-order valence-corrected chi connectivity index (χ4v) is 4.94. The number of unbranched alkanes of at least 4 members (excludes halogenated alkanes) is 2. The number of rotatable bonds is 10. The van der Waals surface area contributed by atoms with Crippen molar-refractivity contribution < 1.29 is 22.3 Å². The minimum atomic E-state index is -3.86. The molecule has 0 amide bonds. The molecule has 0 saturated heterocycles. The number of aromatic amines is 1. The van der Waals surface area contributed by atoms with E-state index in [1.807, 2.05) is 0 Å². The minimum Gasteiger partial charge on any atom is -0.469 e. The predicted molar refractivity (Wildman–Crippen MR) is 128 cm³/mol. The summed E-state index contributed by atoms with van der Waals surface area (Å²) in [6, 6.07) is 9.28. The second-order valence-corrected chi connectivity index (χ2v) is 10.2. The first-order valence-corrected chi connectivity index (χ1v) is 12.7. The van der Waals surface area contributed by atoms with Gasteiger partial charge in [-0.25, -0.2) is 22.5 Å². The SMILES string of the molecule is COC(=O)CCCCCNS(=O)(=O)c1cc(-c2ncc(-c3ccc(Br)c(F)c3)[nH]2)ccc1Cl. The second-order valence-electron chi connectivity index (χ2n) is 7.20. The van der Waals surface area contributed by atoms with Crippen molar-refractivity contribution in [1.82, 2.24) is 14.7 Å². The molecule has 0 aliphatic heterocycles. The van der Waals surface area contributed by atoms with E-state index in [0.717, 1.165) is 0 Å². The molecule has 0 unspecified atom stereocenters. The Labute approximate surface area is 204 Å². The molecule has 0 atom stereocenters. The van der Waals surface area contributed by atoms with Gasteiger partial charge < -0.3 is 9.72 Å². The number of hydrogen-bond donors (Lipinski definition) is 2. The van der Waals surface area contributed by atoms with E-state index in [9.17, 15) is 17.6 Å². The number of sulfonamides is 1. The van der Waals surface area contributed by atoms with Crippen molar-refractivity contribution >= 4 is 43.5 Å². The Bertz CT molecular complexity index is 1250. The number of nitrogens with one attached hydrogen (secondary N) is 2. The number of benzene rings is 2. The first-order chi connectivity index (χ1) is 15.7. The molecule has 3 aromatic rings. The quantitative estimate of drug-likeness (QED) is 0.259. The van der Waals surface area contributed by atoms with Crippen LogP contribution in [0.4, 0.5) is 4.39 Å². The highest BCUT2D eigenvalue weighted by atomic mass is 79.9. The summed E-state index contributed by atoms with van der Waals surface area (Å²) in [4.78, 5) is 18.4. The van der Waals surface area contributed by atoms with Crippen LogP contribution in [0, 0.1) is 5.82 Å². The molecule has 3 rings (SSSR count). The van der Waals surface area contributed by atoms with E-state index >= 15 is 0 Å². The van der Waals surface area contributed by atoms with E-state index in [1.165, 1.54) is 25.3 Å². The number of aromatic nitrogens is 2. The molecule has 33 heavy (non-hydrogen) atoms. The van der Waals surface area contributed by atoms with Crippen LogP contribution in [0.3, 0.4) is 0 Å². The molecule has 0 spiro atoms. The lowest BCUT2D eigenvalue weighted by Crippen LogP contribution is -2.25. The van der Waals surface area contributed by atoms with Gasteiger partial charge in [0.2, 0.25) is 10.0 Å². The van der Waals surface area contributed by atoms with Crippen LogP contribution in [-0.2, 0) is 19.6 Å². The number of carbonyl (C=O) groups is 1. The van der Waals surface area contributed by atoms with E-state index in [0.29, 0.717) is 52.8 Å². The van der Waals surface area contributed by atoms with Gasteiger partial charge in [0.1, 0.15) is 16.5 Å². The fourth-order valence-electron chi connectivity index (χ4n) is 3.09. The summed E-state index contributed by atoms with van der Waals surface area (Å²) in [5, 5.41) is 0.0821.